The number of nitrogens with two attached hydrogens (primary N) is 1. The second-order valence-corrected chi connectivity index (χ2v) is 4.17. The van der Waals surface area contributed by atoms with Gasteiger partial charge in [0, 0.05) is 12.0 Å². The van der Waals surface area contributed by atoms with Crippen molar-refractivity contribution in [1.29, 1.82) is 0 Å². The standard InChI is InChI=1S/C10H17N3/c1-5-6-13-7-12-8(9(13)11)10(2,3)4/h5,7H,1,6,11H2,2-4H3. The number of hydrogen-bond acceptors (Lipinski definition) is 2. The molecular weight excluding hydrogens is 162 g/mol. The lowest BCUT2D eigenvalue weighted by Gasteiger charge is -2.16. The second kappa shape index (κ2) is 3.24. The summed E-state index contributed by atoms with van der Waals surface area (Å²) in [6.07, 6.45) is 3.57. The van der Waals surface area contributed by atoms with Gasteiger partial charge in [-0.25, -0.2) is 4.98 Å². The van der Waals surface area contributed by atoms with Crippen molar-refractivity contribution in [1.82, 2.24) is 9.55 Å². The van der Waals surface area contributed by atoms with E-state index in [9.17, 15) is 0 Å². The first kappa shape index (κ1) is 9.84. The van der Waals surface area contributed by atoms with Gasteiger partial charge in [-0.2, -0.15) is 0 Å². The molecule has 1 aromatic heterocycles. The Bertz CT molecular complexity index is 304. The molecule has 0 radical (unpaired) electrons. The number of aromatic nitrogens is 2. The highest BCUT2D eigenvalue weighted by molar-refractivity contribution is 5.40. The maximum atomic E-state index is 5.93. The van der Waals surface area contributed by atoms with Gasteiger partial charge in [0.25, 0.3) is 0 Å². The topological polar surface area (TPSA) is 43.8 Å². The molecule has 0 aliphatic heterocycles. The van der Waals surface area contributed by atoms with Crippen LogP contribution in [0.1, 0.15) is 26.5 Å². The lowest BCUT2D eigenvalue weighted by molar-refractivity contribution is 0.574. The summed E-state index contributed by atoms with van der Waals surface area (Å²) in [5.74, 6) is 0.743. The lowest BCUT2D eigenvalue weighted by atomic mass is 9.92. The number of anilines is 1. The van der Waals surface area contributed by atoms with E-state index in [1.807, 2.05) is 10.6 Å². The minimum atomic E-state index is 0.0104. The average molecular weight is 179 g/mol. The van der Waals surface area contributed by atoms with E-state index < -0.39 is 0 Å². The molecule has 1 rings (SSSR count). The Kier molecular flexibility index (Phi) is 2.45. The van der Waals surface area contributed by atoms with Crippen molar-refractivity contribution in [3.8, 4) is 0 Å². The third-order valence-corrected chi connectivity index (χ3v) is 1.91. The van der Waals surface area contributed by atoms with E-state index in [0.29, 0.717) is 0 Å². The summed E-state index contributed by atoms with van der Waals surface area (Å²) in [6.45, 7) is 10.7. The number of hydrogen-bond donors (Lipinski definition) is 1. The number of imidazole rings is 1. The van der Waals surface area contributed by atoms with Crippen LogP contribution in [0, 0.1) is 0 Å². The van der Waals surface area contributed by atoms with Crippen LogP contribution in [-0.4, -0.2) is 9.55 Å². The zero-order valence-corrected chi connectivity index (χ0v) is 8.54. The van der Waals surface area contributed by atoms with E-state index in [2.05, 4.69) is 32.3 Å². The van der Waals surface area contributed by atoms with Crippen LogP contribution in [0.2, 0.25) is 0 Å². The quantitative estimate of drug-likeness (QED) is 0.705. The van der Waals surface area contributed by atoms with Gasteiger partial charge < -0.3 is 10.3 Å². The van der Waals surface area contributed by atoms with E-state index in [1.165, 1.54) is 0 Å². The fraction of sp³-hybridized carbons (Fsp3) is 0.500. The maximum absolute atomic E-state index is 5.93. The molecule has 0 atom stereocenters. The Morgan fingerprint density at radius 3 is 2.62 bits per heavy atom. The molecule has 3 heteroatoms. The van der Waals surface area contributed by atoms with Crippen molar-refractivity contribution in [3.63, 3.8) is 0 Å². The molecule has 1 aromatic rings. The van der Waals surface area contributed by atoms with Crippen LogP contribution in [0.15, 0.2) is 19.0 Å². The molecule has 0 unspecified atom stereocenters. The van der Waals surface area contributed by atoms with Gasteiger partial charge in [-0.3, -0.25) is 0 Å². The molecule has 0 aliphatic rings. The summed E-state index contributed by atoms with van der Waals surface area (Å²) in [4.78, 5) is 4.30. The number of nitrogen functional groups attached to an aromatic ring is 1. The first-order chi connectivity index (χ1) is 5.96. The van der Waals surface area contributed by atoms with Crippen LogP contribution in [0.25, 0.3) is 0 Å². The molecule has 0 aromatic carbocycles. The highest BCUT2D eigenvalue weighted by atomic mass is 15.1. The van der Waals surface area contributed by atoms with Gasteiger partial charge in [0.15, 0.2) is 0 Å². The van der Waals surface area contributed by atoms with Gasteiger partial charge in [0.1, 0.15) is 5.82 Å². The molecule has 0 bridgehead atoms. The monoisotopic (exact) mass is 179 g/mol. The van der Waals surface area contributed by atoms with E-state index in [4.69, 9.17) is 5.73 Å². The average Bonchev–Trinajstić information content (AvgIpc) is 2.32. The predicted octanol–water partition coefficient (Wildman–Crippen LogP) is 1.95. The summed E-state index contributed by atoms with van der Waals surface area (Å²) in [7, 11) is 0. The first-order valence-corrected chi connectivity index (χ1v) is 4.39. The molecule has 0 fully saturated rings. The summed E-state index contributed by atoms with van der Waals surface area (Å²) in [5, 5.41) is 0. The number of allylic oxidation sites excluding steroid dienone is 1. The van der Waals surface area contributed by atoms with Crippen molar-refractivity contribution in [2.75, 3.05) is 5.73 Å². The van der Waals surface area contributed by atoms with Crippen molar-refractivity contribution >= 4 is 5.82 Å². The van der Waals surface area contributed by atoms with Crippen molar-refractivity contribution < 1.29 is 0 Å². The molecule has 13 heavy (non-hydrogen) atoms. The zero-order valence-electron chi connectivity index (χ0n) is 8.54. The molecule has 2 N–H and O–H groups in total. The SMILES string of the molecule is C=CCn1cnc(C(C)(C)C)c1N. The van der Waals surface area contributed by atoms with Gasteiger partial charge >= 0.3 is 0 Å². The zero-order chi connectivity index (χ0) is 10.1. The molecule has 0 aliphatic carbocycles. The van der Waals surface area contributed by atoms with Crippen LogP contribution in [0.5, 0.6) is 0 Å². The van der Waals surface area contributed by atoms with E-state index >= 15 is 0 Å². The minimum Gasteiger partial charge on any atom is -0.384 e. The smallest absolute Gasteiger partial charge is 0.127 e. The van der Waals surface area contributed by atoms with Gasteiger partial charge in [-0.15, -0.1) is 6.58 Å². The largest absolute Gasteiger partial charge is 0.384 e. The molecule has 0 saturated heterocycles. The molecule has 0 spiro atoms. The normalized spacial score (nSPS) is 11.6. The molecular formula is C10H17N3. The summed E-state index contributed by atoms with van der Waals surface area (Å²) < 4.78 is 1.90. The van der Waals surface area contributed by atoms with Crippen molar-refractivity contribution in [2.24, 2.45) is 0 Å². The first-order valence-electron chi connectivity index (χ1n) is 4.39. The summed E-state index contributed by atoms with van der Waals surface area (Å²) >= 11 is 0. The summed E-state index contributed by atoms with van der Waals surface area (Å²) in [6, 6.07) is 0. The third-order valence-electron chi connectivity index (χ3n) is 1.91. The van der Waals surface area contributed by atoms with Gasteiger partial charge in [-0.1, -0.05) is 26.8 Å². The van der Waals surface area contributed by atoms with E-state index in [0.717, 1.165) is 18.1 Å². The third kappa shape index (κ3) is 1.91. The van der Waals surface area contributed by atoms with E-state index in [1.54, 1.807) is 6.33 Å². The van der Waals surface area contributed by atoms with Gasteiger partial charge in [-0.05, 0) is 0 Å². The Labute approximate surface area is 79.3 Å². The van der Waals surface area contributed by atoms with Crippen LogP contribution < -0.4 is 5.73 Å². The van der Waals surface area contributed by atoms with Crippen LogP contribution in [0.4, 0.5) is 5.82 Å². The molecule has 0 amide bonds. The van der Waals surface area contributed by atoms with E-state index in [-0.39, 0.29) is 5.41 Å². The molecule has 3 nitrogen and oxygen atoms in total. The Hall–Kier alpha value is -1.25. The van der Waals surface area contributed by atoms with Crippen LogP contribution in [-0.2, 0) is 12.0 Å². The molecule has 1 heterocycles. The Balaban J connectivity index is 3.06. The molecule has 72 valence electrons. The fourth-order valence-electron chi connectivity index (χ4n) is 1.25. The second-order valence-electron chi connectivity index (χ2n) is 4.17. The molecule has 0 saturated carbocycles. The highest BCUT2D eigenvalue weighted by Gasteiger charge is 2.20. The number of nitrogens with zero attached hydrogens (tertiary/aromatic N) is 2. The van der Waals surface area contributed by atoms with Gasteiger partial charge in [0.2, 0.25) is 0 Å². The summed E-state index contributed by atoms with van der Waals surface area (Å²) in [5.41, 5.74) is 6.89. The Morgan fingerprint density at radius 1 is 1.62 bits per heavy atom. The Morgan fingerprint density at radius 2 is 2.23 bits per heavy atom. The fourth-order valence-corrected chi connectivity index (χ4v) is 1.25. The van der Waals surface area contributed by atoms with Crippen molar-refractivity contribution in [2.45, 2.75) is 32.7 Å². The number of rotatable bonds is 2. The maximum Gasteiger partial charge on any atom is 0.127 e. The minimum absolute atomic E-state index is 0.0104. The highest BCUT2D eigenvalue weighted by Crippen LogP contribution is 2.25. The predicted molar refractivity (Wildman–Crippen MR) is 55.5 cm³/mol. The van der Waals surface area contributed by atoms with Gasteiger partial charge in [0.05, 0.1) is 12.0 Å². The van der Waals surface area contributed by atoms with Crippen LogP contribution >= 0.6 is 0 Å². The van der Waals surface area contributed by atoms with Crippen LogP contribution in [0.3, 0.4) is 0 Å². The lowest BCUT2D eigenvalue weighted by Crippen LogP contribution is -2.15. The van der Waals surface area contributed by atoms with Crippen molar-refractivity contribution in [3.05, 3.63) is 24.7 Å².